The number of amides is 1. The topological polar surface area (TPSA) is 59.8 Å². The molecule has 0 aliphatic heterocycles. The van der Waals surface area contributed by atoms with Crippen LogP contribution in [0.4, 0.5) is 5.69 Å². The van der Waals surface area contributed by atoms with Crippen LogP contribution in [0.2, 0.25) is 0 Å². The van der Waals surface area contributed by atoms with Crippen LogP contribution >= 0.6 is 0 Å². The van der Waals surface area contributed by atoms with Gasteiger partial charge in [-0.3, -0.25) is 4.79 Å². The Morgan fingerprint density at radius 1 is 1.04 bits per heavy atom. The molecule has 3 aromatic rings. The van der Waals surface area contributed by atoms with E-state index < -0.39 is 0 Å². The second-order valence-corrected chi connectivity index (χ2v) is 6.00. The number of carbonyl (C=O) groups is 1. The first-order valence-corrected chi connectivity index (χ1v) is 7.95. The number of nitrogens with zero attached hydrogens (tertiary/aromatic N) is 3. The highest BCUT2D eigenvalue weighted by molar-refractivity contribution is 6.03. The summed E-state index contributed by atoms with van der Waals surface area (Å²) < 4.78 is 1.68. The molecule has 5 heteroatoms. The number of benzene rings is 2. The minimum absolute atomic E-state index is 0.260. The summed E-state index contributed by atoms with van der Waals surface area (Å²) in [7, 11) is 0. The standard InChI is InChI=1S/C19H20N4O/c1-13(2)15-9-11-17(12-10-15)23-14(3)18(21-22-23)19(24)20-16-7-5-4-6-8-16/h4-13H,1-3H3,(H,20,24). The Morgan fingerprint density at radius 2 is 1.71 bits per heavy atom. The van der Waals surface area contributed by atoms with Crippen LogP contribution in [0.25, 0.3) is 5.69 Å². The molecule has 0 unspecified atom stereocenters. The quantitative estimate of drug-likeness (QED) is 0.792. The van der Waals surface area contributed by atoms with Crippen molar-refractivity contribution in [3.63, 3.8) is 0 Å². The van der Waals surface area contributed by atoms with Crippen LogP contribution in [-0.2, 0) is 0 Å². The Kier molecular flexibility index (Phi) is 4.42. The van der Waals surface area contributed by atoms with Gasteiger partial charge in [-0.25, -0.2) is 4.68 Å². The van der Waals surface area contributed by atoms with Crippen LogP contribution in [0.5, 0.6) is 0 Å². The van der Waals surface area contributed by atoms with Gasteiger partial charge in [0.1, 0.15) is 0 Å². The molecule has 0 saturated carbocycles. The van der Waals surface area contributed by atoms with Gasteiger partial charge in [-0.05, 0) is 42.7 Å². The summed E-state index contributed by atoms with van der Waals surface area (Å²) >= 11 is 0. The summed E-state index contributed by atoms with van der Waals surface area (Å²) in [6, 6.07) is 17.5. The number of hydrogen-bond acceptors (Lipinski definition) is 3. The number of rotatable bonds is 4. The third-order valence-corrected chi connectivity index (χ3v) is 3.95. The van der Waals surface area contributed by atoms with Crippen LogP contribution in [0.3, 0.4) is 0 Å². The van der Waals surface area contributed by atoms with E-state index in [1.54, 1.807) is 4.68 Å². The molecule has 0 radical (unpaired) electrons. The fourth-order valence-electron chi connectivity index (χ4n) is 2.50. The normalized spacial score (nSPS) is 10.8. The first-order valence-electron chi connectivity index (χ1n) is 7.95. The zero-order chi connectivity index (χ0) is 17.1. The van der Waals surface area contributed by atoms with Gasteiger partial charge >= 0.3 is 0 Å². The number of nitrogens with one attached hydrogen (secondary N) is 1. The average Bonchev–Trinajstić information content (AvgIpc) is 2.97. The molecule has 5 nitrogen and oxygen atoms in total. The van der Waals surface area contributed by atoms with Crippen molar-refractivity contribution in [1.29, 1.82) is 0 Å². The molecule has 1 aromatic heterocycles. The van der Waals surface area contributed by atoms with Gasteiger partial charge in [0.25, 0.3) is 5.91 Å². The third kappa shape index (κ3) is 3.20. The summed E-state index contributed by atoms with van der Waals surface area (Å²) in [5, 5.41) is 11.0. The van der Waals surface area contributed by atoms with Crippen LogP contribution < -0.4 is 5.32 Å². The molecule has 3 rings (SSSR count). The second-order valence-electron chi connectivity index (χ2n) is 6.00. The van der Waals surface area contributed by atoms with Gasteiger partial charge in [0.2, 0.25) is 0 Å². The predicted octanol–water partition coefficient (Wildman–Crippen LogP) is 3.95. The maximum atomic E-state index is 12.4. The fraction of sp³-hybridized carbons (Fsp3) is 0.211. The number of aromatic nitrogens is 3. The van der Waals surface area contributed by atoms with Crippen molar-refractivity contribution < 1.29 is 4.79 Å². The maximum Gasteiger partial charge on any atom is 0.278 e. The highest BCUT2D eigenvalue weighted by Crippen LogP contribution is 2.18. The highest BCUT2D eigenvalue weighted by atomic mass is 16.2. The van der Waals surface area contributed by atoms with E-state index in [2.05, 4.69) is 41.6 Å². The first-order chi connectivity index (χ1) is 11.6. The molecule has 0 fully saturated rings. The summed E-state index contributed by atoms with van der Waals surface area (Å²) in [4.78, 5) is 12.4. The number of anilines is 1. The van der Waals surface area contributed by atoms with E-state index in [-0.39, 0.29) is 5.91 Å². The van der Waals surface area contributed by atoms with E-state index in [1.165, 1.54) is 5.56 Å². The van der Waals surface area contributed by atoms with Gasteiger partial charge in [0.15, 0.2) is 5.69 Å². The van der Waals surface area contributed by atoms with E-state index in [4.69, 9.17) is 0 Å². The smallest absolute Gasteiger partial charge is 0.278 e. The molecule has 2 aromatic carbocycles. The Morgan fingerprint density at radius 3 is 2.33 bits per heavy atom. The lowest BCUT2D eigenvalue weighted by Gasteiger charge is -2.08. The molecular weight excluding hydrogens is 300 g/mol. The third-order valence-electron chi connectivity index (χ3n) is 3.95. The van der Waals surface area contributed by atoms with Crippen molar-refractivity contribution in [2.24, 2.45) is 0 Å². The average molecular weight is 320 g/mol. The van der Waals surface area contributed by atoms with Crippen LogP contribution in [0, 0.1) is 6.92 Å². The Hall–Kier alpha value is -2.95. The lowest BCUT2D eigenvalue weighted by atomic mass is 10.0. The predicted molar refractivity (Wildman–Crippen MR) is 94.6 cm³/mol. The van der Waals surface area contributed by atoms with Crippen molar-refractivity contribution in [3.05, 3.63) is 71.5 Å². The van der Waals surface area contributed by atoms with Crippen molar-refractivity contribution >= 4 is 11.6 Å². The SMILES string of the molecule is Cc1c(C(=O)Nc2ccccc2)nnn1-c1ccc(C(C)C)cc1. The number of carbonyl (C=O) groups excluding carboxylic acids is 1. The highest BCUT2D eigenvalue weighted by Gasteiger charge is 2.17. The second kappa shape index (κ2) is 6.66. The first kappa shape index (κ1) is 15.9. The molecule has 0 atom stereocenters. The Balaban J connectivity index is 1.84. The fourth-order valence-corrected chi connectivity index (χ4v) is 2.50. The molecule has 0 spiro atoms. The van der Waals surface area contributed by atoms with Gasteiger partial charge in [0, 0.05) is 5.69 Å². The van der Waals surface area contributed by atoms with E-state index in [1.807, 2.05) is 49.4 Å². The maximum absolute atomic E-state index is 12.4. The lowest BCUT2D eigenvalue weighted by molar-refractivity contribution is 0.102. The molecule has 0 aliphatic rings. The molecule has 1 amide bonds. The monoisotopic (exact) mass is 320 g/mol. The number of para-hydroxylation sites is 1. The van der Waals surface area contributed by atoms with Gasteiger partial charge in [0.05, 0.1) is 11.4 Å². The van der Waals surface area contributed by atoms with Gasteiger partial charge in [-0.1, -0.05) is 49.4 Å². The summed E-state index contributed by atoms with van der Waals surface area (Å²) in [6.45, 7) is 6.15. The molecular formula is C19H20N4O. The molecule has 24 heavy (non-hydrogen) atoms. The summed E-state index contributed by atoms with van der Waals surface area (Å²) in [5.74, 6) is 0.215. The van der Waals surface area contributed by atoms with E-state index in [0.717, 1.165) is 11.4 Å². The van der Waals surface area contributed by atoms with Crippen molar-refractivity contribution in [2.45, 2.75) is 26.7 Å². The van der Waals surface area contributed by atoms with Crippen LogP contribution in [0.1, 0.15) is 41.5 Å². The summed E-state index contributed by atoms with van der Waals surface area (Å²) in [5.41, 5.74) is 3.92. The molecule has 1 N–H and O–H groups in total. The minimum Gasteiger partial charge on any atom is -0.321 e. The van der Waals surface area contributed by atoms with E-state index >= 15 is 0 Å². The molecule has 0 saturated heterocycles. The van der Waals surface area contributed by atoms with Crippen LogP contribution in [-0.4, -0.2) is 20.9 Å². The van der Waals surface area contributed by atoms with Gasteiger partial charge in [-0.2, -0.15) is 0 Å². The minimum atomic E-state index is -0.260. The largest absolute Gasteiger partial charge is 0.321 e. The Bertz CT molecular complexity index is 836. The van der Waals surface area contributed by atoms with Crippen molar-refractivity contribution in [2.75, 3.05) is 5.32 Å². The zero-order valence-electron chi connectivity index (χ0n) is 14.0. The zero-order valence-corrected chi connectivity index (χ0v) is 14.0. The van der Waals surface area contributed by atoms with Crippen molar-refractivity contribution in [1.82, 2.24) is 15.0 Å². The molecule has 1 heterocycles. The Labute approximate surface area is 141 Å². The van der Waals surface area contributed by atoms with E-state index in [9.17, 15) is 4.79 Å². The molecule has 0 aliphatic carbocycles. The summed E-state index contributed by atoms with van der Waals surface area (Å²) in [6.07, 6.45) is 0. The lowest BCUT2D eigenvalue weighted by Crippen LogP contribution is -2.14. The van der Waals surface area contributed by atoms with Gasteiger partial charge in [-0.15, -0.1) is 5.10 Å². The van der Waals surface area contributed by atoms with E-state index in [0.29, 0.717) is 17.3 Å². The molecule has 0 bridgehead atoms. The van der Waals surface area contributed by atoms with Crippen molar-refractivity contribution in [3.8, 4) is 5.69 Å². The number of hydrogen-bond donors (Lipinski definition) is 1. The molecule has 122 valence electrons. The van der Waals surface area contributed by atoms with Crippen LogP contribution in [0.15, 0.2) is 54.6 Å². The van der Waals surface area contributed by atoms with Gasteiger partial charge < -0.3 is 5.32 Å².